The number of anilines is 1. The molecule has 228 valence electrons. The van der Waals surface area contributed by atoms with Gasteiger partial charge in [-0.2, -0.15) is 0 Å². The zero-order valence-electron chi connectivity index (χ0n) is 25.2. The normalized spacial score (nSPS) is 18.6. The highest BCUT2D eigenvalue weighted by atomic mass is 32.2. The number of hydrogen-bond donors (Lipinski definition) is 4. The molecular weight excluding hydrogens is 557 g/mol. The number of nitrogens with zero attached hydrogens (tertiary/aromatic N) is 2. The van der Waals surface area contributed by atoms with E-state index in [-0.39, 0.29) is 22.4 Å². The summed E-state index contributed by atoms with van der Waals surface area (Å²) in [6.07, 6.45) is 8.25. The van der Waals surface area contributed by atoms with E-state index in [1.807, 2.05) is 39.8 Å². The van der Waals surface area contributed by atoms with Crippen LogP contribution in [0.4, 0.5) is 10.2 Å². The third-order valence-corrected chi connectivity index (χ3v) is 9.44. The second-order valence-corrected chi connectivity index (χ2v) is 14.1. The smallest absolute Gasteiger partial charge is 0.253 e. The number of sulfone groups is 1. The lowest BCUT2D eigenvalue weighted by atomic mass is 9.96. The number of hydrogen-bond acceptors (Lipinski definition) is 8. The highest BCUT2D eigenvalue weighted by Gasteiger charge is 2.41. The zero-order valence-corrected chi connectivity index (χ0v) is 26.0. The highest BCUT2D eigenvalue weighted by molar-refractivity contribution is 7.93. The summed E-state index contributed by atoms with van der Waals surface area (Å²) >= 11 is 0. The van der Waals surface area contributed by atoms with Gasteiger partial charge in [-0.25, -0.2) is 17.8 Å². The molecule has 0 spiro atoms. The van der Waals surface area contributed by atoms with Crippen LogP contribution in [-0.2, 0) is 9.84 Å². The van der Waals surface area contributed by atoms with Crippen molar-refractivity contribution in [3.8, 4) is 0 Å². The van der Waals surface area contributed by atoms with Crippen molar-refractivity contribution in [1.82, 2.24) is 10.3 Å². The Morgan fingerprint density at radius 2 is 1.98 bits per heavy atom. The Balaban J connectivity index is 1.90. The van der Waals surface area contributed by atoms with Crippen molar-refractivity contribution in [2.24, 2.45) is 10.9 Å². The van der Waals surface area contributed by atoms with Crippen molar-refractivity contribution in [3.63, 3.8) is 0 Å². The molecule has 1 aromatic heterocycles. The lowest BCUT2D eigenvalue weighted by Gasteiger charge is -2.22. The Bertz CT molecular complexity index is 1460. The fraction of sp³-hybridized carbons (Fsp3) is 0.484. The number of halogens is 1. The fourth-order valence-electron chi connectivity index (χ4n) is 4.29. The number of rotatable bonds is 14. The third-order valence-electron chi connectivity index (χ3n) is 7.10. The van der Waals surface area contributed by atoms with Gasteiger partial charge in [-0.15, -0.1) is 0 Å². The van der Waals surface area contributed by atoms with Crippen LogP contribution in [0.15, 0.2) is 64.5 Å². The maximum absolute atomic E-state index is 14.3. The SMILES string of the molecule is C=C(C1=CC(S(=O)(=O)C2CC2)N=C1)/C(C)=C(\C=C/C)Nc1cc(C(=N)CC(C)C)c(C(=O)NC[C@@H](F)C(C)(C)O)cn1. The number of amides is 1. The highest BCUT2D eigenvalue weighted by Crippen LogP contribution is 2.35. The molecule has 4 N–H and O–H groups in total. The first kappa shape index (κ1) is 33.1. The first-order valence-electron chi connectivity index (χ1n) is 14.1. The molecule has 0 bridgehead atoms. The number of carbonyl (C=O) groups is 1. The van der Waals surface area contributed by atoms with Gasteiger partial charge in [0.25, 0.3) is 5.91 Å². The Morgan fingerprint density at radius 3 is 2.55 bits per heavy atom. The molecule has 9 nitrogen and oxygen atoms in total. The monoisotopic (exact) mass is 599 g/mol. The molecule has 42 heavy (non-hydrogen) atoms. The molecule has 3 rings (SSSR count). The summed E-state index contributed by atoms with van der Waals surface area (Å²) in [6.45, 7) is 14.1. The molecule has 1 aliphatic carbocycles. The van der Waals surface area contributed by atoms with Crippen LogP contribution in [0.3, 0.4) is 0 Å². The first-order chi connectivity index (χ1) is 19.6. The summed E-state index contributed by atoms with van der Waals surface area (Å²) < 4.78 is 39.6. The molecule has 1 saturated carbocycles. The van der Waals surface area contributed by atoms with Gasteiger partial charge in [-0.3, -0.25) is 9.79 Å². The van der Waals surface area contributed by atoms with E-state index < -0.39 is 39.4 Å². The topological polar surface area (TPSA) is 145 Å². The van der Waals surface area contributed by atoms with E-state index in [1.165, 1.54) is 20.0 Å². The van der Waals surface area contributed by atoms with Crippen molar-refractivity contribution in [2.45, 2.75) is 83.2 Å². The standard InChI is InChI=1S/C31H42FN5O4S/c1-8-9-26(20(5)19(4)21-13-29(35-15-21)42(40,41)22-10-11-22)37-28-14-23(25(33)12-18(2)3)24(16-34-28)30(38)36-17-27(32)31(6,7)39/h8-9,13-16,18,22,27,29,33,39H,4,10-12,17H2,1-3,5-7H3,(H,34,37)(H,36,38)/b9-8-,26-20+,33-25?/t27-,29?/m1/s1. The lowest BCUT2D eigenvalue weighted by molar-refractivity contribution is -0.00178. The van der Waals surface area contributed by atoms with E-state index >= 15 is 0 Å². The number of aliphatic imine (C=N–C) groups is 1. The number of carbonyl (C=O) groups excluding carboxylic acids is 1. The summed E-state index contributed by atoms with van der Waals surface area (Å²) in [5, 5.41) is 23.1. The van der Waals surface area contributed by atoms with E-state index in [4.69, 9.17) is 5.41 Å². The van der Waals surface area contributed by atoms with Crippen LogP contribution in [0.1, 0.15) is 76.7 Å². The fourth-order valence-corrected chi connectivity index (χ4v) is 6.04. The predicted octanol–water partition coefficient (Wildman–Crippen LogP) is 5.07. The molecule has 2 aliphatic rings. The van der Waals surface area contributed by atoms with Gasteiger partial charge in [0.1, 0.15) is 12.0 Å². The van der Waals surface area contributed by atoms with Gasteiger partial charge in [-0.1, -0.05) is 26.5 Å². The van der Waals surface area contributed by atoms with E-state index in [0.29, 0.717) is 47.5 Å². The van der Waals surface area contributed by atoms with Crippen molar-refractivity contribution >= 4 is 33.5 Å². The van der Waals surface area contributed by atoms with Gasteiger partial charge in [0, 0.05) is 29.4 Å². The largest absolute Gasteiger partial charge is 0.387 e. The van der Waals surface area contributed by atoms with Crippen LogP contribution in [0.2, 0.25) is 0 Å². The van der Waals surface area contributed by atoms with Gasteiger partial charge < -0.3 is 21.1 Å². The number of aliphatic hydroxyl groups is 1. The molecule has 11 heteroatoms. The van der Waals surface area contributed by atoms with Gasteiger partial charge in [-0.05, 0) is 87.8 Å². The number of alkyl halides is 1. The molecule has 1 amide bonds. The second kappa shape index (κ2) is 13.2. The zero-order chi connectivity index (χ0) is 31.4. The van der Waals surface area contributed by atoms with Crippen molar-refractivity contribution in [3.05, 3.63) is 70.6 Å². The lowest BCUT2D eigenvalue weighted by Crippen LogP contribution is -2.42. The quantitative estimate of drug-likeness (QED) is 0.174. The molecule has 2 heterocycles. The summed E-state index contributed by atoms with van der Waals surface area (Å²) in [6, 6.07) is 1.61. The van der Waals surface area contributed by atoms with Crippen LogP contribution in [-0.4, -0.2) is 65.3 Å². The van der Waals surface area contributed by atoms with Gasteiger partial charge in [0.2, 0.25) is 0 Å². The van der Waals surface area contributed by atoms with Gasteiger partial charge in [0.15, 0.2) is 15.2 Å². The maximum atomic E-state index is 14.3. The minimum atomic E-state index is -3.34. The van der Waals surface area contributed by atoms with Crippen LogP contribution in [0.25, 0.3) is 0 Å². The molecule has 0 aromatic carbocycles. The summed E-state index contributed by atoms with van der Waals surface area (Å²) in [4.78, 5) is 21.6. The molecule has 1 aromatic rings. The first-order valence-corrected chi connectivity index (χ1v) is 15.7. The maximum Gasteiger partial charge on any atom is 0.253 e. The summed E-state index contributed by atoms with van der Waals surface area (Å²) in [5.74, 6) is -0.0684. The molecular formula is C31H42FN5O4S. The van der Waals surface area contributed by atoms with E-state index in [9.17, 15) is 22.7 Å². The number of aromatic nitrogens is 1. The average Bonchev–Trinajstić information content (AvgIpc) is 3.66. The van der Waals surface area contributed by atoms with E-state index in [2.05, 4.69) is 27.2 Å². The van der Waals surface area contributed by atoms with Crippen molar-refractivity contribution in [1.29, 1.82) is 5.41 Å². The average molecular weight is 600 g/mol. The molecule has 1 aliphatic heterocycles. The van der Waals surface area contributed by atoms with Gasteiger partial charge >= 0.3 is 0 Å². The Labute approximate surface area is 248 Å². The van der Waals surface area contributed by atoms with Crippen LogP contribution in [0, 0.1) is 11.3 Å². The van der Waals surface area contributed by atoms with E-state index in [1.54, 1.807) is 18.4 Å². The second-order valence-electron chi connectivity index (χ2n) is 11.7. The van der Waals surface area contributed by atoms with Crippen LogP contribution < -0.4 is 10.6 Å². The minimum absolute atomic E-state index is 0.127. The third kappa shape index (κ3) is 8.10. The Hall–Kier alpha value is -3.44. The van der Waals surface area contributed by atoms with Crippen LogP contribution >= 0.6 is 0 Å². The molecule has 0 saturated heterocycles. The van der Waals surface area contributed by atoms with Gasteiger partial charge in [0.05, 0.1) is 23.0 Å². The predicted molar refractivity (Wildman–Crippen MR) is 167 cm³/mol. The summed E-state index contributed by atoms with van der Waals surface area (Å²) in [7, 11) is -3.34. The number of nitrogens with one attached hydrogen (secondary N) is 3. The number of allylic oxidation sites excluding steroid dienone is 5. The Morgan fingerprint density at radius 1 is 1.31 bits per heavy atom. The number of pyridine rings is 1. The molecule has 1 fully saturated rings. The Kier molecular flexibility index (Phi) is 10.4. The summed E-state index contributed by atoms with van der Waals surface area (Å²) in [5.41, 5.74) is 1.70. The van der Waals surface area contributed by atoms with E-state index in [0.717, 1.165) is 5.57 Å². The molecule has 1 unspecified atom stereocenters. The van der Waals surface area contributed by atoms with Crippen molar-refractivity contribution in [2.75, 3.05) is 11.9 Å². The van der Waals surface area contributed by atoms with Crippen molar-refractivity contribution < 1.29 is 22.7 Å². The van der Waals surface area contributed by atoms with Crippen LogP contribution in [0.5, 0.6) is 0 Å². The minimum Gasteiger partial charge on any atom is -0.387 e. The molecule has 0 radical (unpaired) electrons. The molecule has 2 atom stereocenters.